The van der Waals surface area contributed by atoms with Crippen LogP contribution in [0.1, 0.15) is 32.7 Å². The standard InChI is InChI=1S/C18H16ClF6N3O/c1-10-4-5-12(13(6-10)18(23,24)25)16(29)28(27(2)3)9-15-14(19)7-11(8-26-15)17(20,21)22/h4-8H,9H2,1-3H3. The number of aromatic nitrogens is 1. The number of hydrazine groups is 1. The lowest BCUT2D eigenvalue weighted by molar-refractivity contribution is -0.138. The average Bonchev–Trinajstić information content (AvgIpc) is 2.58. The second kappa shape index (κ2) is 8.19. The molecule has 0 fully saturated rings. The van der Waals surface area contributed by atoms with Crippen molar-refractivity contribution in [2.24, 2.45) is 0 Å². The van der Waals surface area contributed by atoms with E-state index in [0.29, 0.717) is 17.8 Å². The highest BCUT2D eigenvalue weighted by molar-refractivity contribution is 6.31. The molecular formula is C18H16ClF6N3O. The van der Waals surface area contributed by atoms with Crippen molar-refractivity contribution in [2.75, 3.05) is 14.1 Å². The maximum Gasteiger partial charge on any atom is 0.417 e. The van der Waals surface area contributed by atoms with Crippen molar-refractivity contribution in [3.8, 4) is 0 Å². The molecule has 0 aliphatic carbocycles. The van der Waals surface area contributed by atoms with E-state index < -0.39 is 41.5 Å². The molecule has 29 heavy (non-hydrogen) atoms. The quantitative estimate of drug-likeness (QED) is 0.485. The van der Waals surface area contributed by atoms with Gasteiger partial charge in [0.15, 0.2) is 0 Å². The number of carbonyl (C=O) groups is 1. The summed E-state index contributed by atoms with van der Waals surface area (Å²) >= 11 is 5.86. The van der Waals surface area contributed by atoms with Gasteiger partial charge in [0.1, 0.15) is 0 Å². The molecule has 2 rings (SSSR count). The van der Waals surface area contributed by atoms with Crippen LogP contribution in [-0.2, 0) is 18.9 Å². The van der Waals surface area contributed by atoms with Gasteiger partial charge >= 0.3 is 12.4 Å². The fraction of sp³-hybridized carbons (Fsp3) is 0.333. The number of aryl methyl sites for hydroxylation is 1. The number of alkyl halides is 6. The Morgan fingerprint density at radius 2 is 1.69 bits per heavy atom. The largest absolute Gasteiger partial charge is 0.417 e. The topological polar surface area (TPSA) is 36.4 Å². The van der Waals surface area contributed by atoms with Gasteiger partial charge < -0.3 is 0 Å². The molecule has 0 bridgehead atoms. The maximum absolute atomic E-state index is 13.4. The van der Waals surface area contributed by atoms with Crippen LogP contribution in [0.4, 0.5) is 26.3 Å². The van der Waals surface area contributed by atoms with Gasteiger partial charge in [0.2, 0.25) is 0 Å². The second-order valence-electron chi connectivity index (χ2n) is 6.41. The summed E-state index contributed by atoms with van der Waals surface area (Å²) in [5.74, 6) is -1.000. The van der Waals surface area contributed by atoms with Crippen molar-refractivity contribution in [2.45, 2.75) is 25.8 Å². The predicted octanol–water partition coefficient (Wildman–Crippen LogP) is 5.20. The molecule has 1 heterocycles. The summed E-state index contributed by atoms with van der Waals surface area (Å²) in [4.78, 5) is 16.5. The Balaban J connectivity index is 2.43. The van der Waals surface area contributed by atoms with Gasteiger partial charge in [0, 0.05) is 20.3 Å². The van der Waals surface area contributed by atoms with E-state index in [2.05, 4.69) is 4.98 Å². The number of halogens is 7. The van der Waals surface area contributed by atoms with Crippen LogP contribution in [0.5, 0.6) is 0 Å². The molecule has 0 atom stereocenters. The molecule has 0 aliphatic rings. The van der Waals surface area contributed by atoms with Gasteiger partial charge in [0.25, 0.3) is 5.91 Å². The van der Waals surface area contributed by atoms with Crippen LogP contribution < -0.4 is 0 Å². The van der Waals surface area contributed by atoms with E-state index >= 15 is 0 Å². The van der Waals surface area contributed by atoms with Crippen LogP contribution in [0, 0.1) is 6.92 Å². The maximum atomic E-state index is 13.4. The van der Waals surface area contributed by atoms with Gasteiger partial charge in [-0.05, 0) is 25.1 Å². The first kappa shape index (κ1) is 23.0. The third-order valence-electron chi connectivity index (χ3n) is 3.97. The predicted molar refractivity (Wildman–Crippen MR) is 94.0 cm³/mol. The Bertz CT molecular complexity index is 911. The number of amides is 1. The van der Waals surface area contributed by atoms with Gasteiger partial charge in [-0.1, -0.05) is 23.2 Å². The minimum absolute atomic E-state index is 0.0950. The van der Waals surface area contributed by atoms with Crippen molar-refractivity contribution in [1.29, 1.82) is 0 Å². The summed E-state index contributed by atoms with van der Waals surface area (Å²) < 4.78 is 78.4. The van der Waals surface area contributed by atoms with Crippen LogP contribution in [-0.4, -0.2) is 35.0 Å². The summed E-state index contributed by atoms with van der Waals surface area (Å²) in [7, 11) is 2.80. The van der Waals surface area contributed by atoms with Crippen molar-refractivity contribution >= 4 is 17.5 Å². The monoisotopic (exact) mass is 439 g/mol. The molecule has 0 aliphatic heterocycles. The Hall–Kier alpha value is -2.33. The Morgan fingerprint density at radius 3 is 2.17 bits per heavy atom. The average molecular weight is 440 g/mol. The minimum Gasteiger partial charge on any atom is -0.268 e. The van der Waals surface area contributed by atoms with Crippen molar-refractivity contribution < 1.29 is 31.1 Å². The van der Waals surface area contributed by atoms with E-state index in [-0.39, 0.29) is 10.7 Å². The smallest absolute Gasteiger partial charge is 0.268 e. The number of pyridine rings is 1. The Kier molecular flexibility index (Phi) is 6.48. The van der Waals surface area contributed by atoms with Crippen LogP contribution in [0.2, 0.25) is 5.02 Å². The zero-order valence-corrected chi connectivity index (χ0v) is 16.2. The molecule has 4 nitrogen and oxygen atoms in total. The fourth-order valence-electron chi connectivity index (χ4n) is 2.49. The Labute approximate surface area is 167 Å². The molecule has 0 spiro atoms. The summed E-state index contributed by atoms with van der Waals surface area (Å²) in [5.41, 5.74) is -2.56. The van der Waals surface area contributed by atoms with E-state index in [1.165, 1.54) is 32.1 Å². The second-order valence-corrected chi connectivity index (χ2v) is 6.81. The molecule has 2 aromatic rings. The lowest BCUT2D eigenvalue weighted by Crippen LogP contribution is -2.42. The minimum atomic E-state index is -4.76. The molecule has 158 valence electrons. The summed E-state index contributed by atoms with van der Waals surface area (Å²) in [6.45, 7) is 1.03. The zero-order chi connectivity index (χ0) is 22.1. The fourth-order valence-corrected chi connectivity index (χ4v) is 2.72. The summed E-state index contributed by atoms with van der Waals surface area (Å²) in [6.07, 6.45) is -8.87. The first-order chi connectivity index (χ1) is 13.2. The number of rotatable bonds is 4. The molecule has 1 aromatic carbocycles. The van der Waals surface area contributed by atoms with Crippen LogP contribution >= 0.6 is 11.6 Å². The molecule has 1 amide bonds. The number of carbonyl (C=O) groups excluding carboxylic acids is 1. The van der Waals surface area contributed by atoms with Gasteiger partial charge in [-0.3, -0.25) is 14.8 Å². The van der Waals surface area contributed by atoms with E-state index in [0.717, 1.165) is 17.1 Å². The molecule has 0 radical (unpaired) electrons. The number of benzene rings is 1. The molecule has 0 N–H and O–H groups in total. The van der Waals surface area contributed by atoms with Crippen LogP contribution in [0.15, 0.2) is 30.5 Å². The third-order valence-corrected chi connectivity index (χ3v) is 4.30. The van der Waals surface area contributed by atoms with Gasteiger partial charge in [-0.2, -0.15) is 26.3 Å². The van der Waals surface area contributed by atoms with Crippen molar-refractivity contribution in [3.63, 3.8) is 0 Å². The van der Waals surface area contributed by atoms with Gasteiger partial charge in [-0.25, -0.2) is 5.01 Å². The van der Waals surface area contributed by atoms with Crippen LogP contribution in [0.25, 0.3) is 0 Å². The van der Waals surface area contributed by atoms with Gasteiger partial charge in [-0.15, -0.1) is 0 Å². The highest BCUT2D eigenvalue weighted by Crippen LogP contribution is 2.34. The zero-order valence-electron chi connectivity index (χ0n) is 15.5. The lowest BCUT2D eigenvalue weighted by Gasteiger charge is -2.30. The van der Waals surface area contributed by atoms with E-state index in [1.54, 1.807) is 0 Å². The summed E-state index contributed by atoms with van der Waals surface area (Å²) in [6, 6.07) is 3.91. The molecule has 1 aromatic heterocycles. The summed E-state index contributed by atoms with van der Waals surface area (Å²) in [5, 5.41) is 1.75. The Morgan fingerprint density at radius 1 is 1.07 bits per heavy atom. The molecule has 0 unspecified atom stereocenters. The lowest BCUT2D eigenvalue weighted by atomic mass is 10.0. The van der Waals surface area contributed by atoms with Crippen molar-refractivity contribution in [1.82, 2.24) is 15.0 Å². The van der Waals surface area contributed by atoms with Crippen LogP contribution in [0.3, 0.4) is 0 Å². The number of nitrogens with zero attached hydrogens (tertiary/aromatic N) is 3. The molecule has 0 saturated carbocycles. The van der Waals surface area contributed by atoms with Gasteiger partial charge in [0.05, 0.1) is 34.0 Å². The molecule has 0 saturated heterocycles. The molecule has 11 heteroatoms. The first-order valence-electron chi connectivity index (χ1n) is 8.10. The SMILES string of the molecule is Cc1ccc(C(=O)N(Cc2ncc(C(F)(F)F)cc2Cl)N(C)C)c(C(F)(F)F)c1. The van der Waals surface area contributed by atoms with Crippen molar-refractivity contribution in [3.05, 3.63) is 63.4 Å². The molecular weight excluding hydrogens is 424 g/mol. The highest BCUT2D eigenvalue weighted by atomic mass is 35.5. The third kappa shape index (κ3) is 5.39. The normalized spacial score (nSPS) is 12.4. The van der Waals surface area contributed by atoms with E-state index in [9.17, 15) is 31.1 Å². The number of hydrogen-bond donors (Lipinski definition) is 0. The highest BCUT2D eigenvalue weighted by Gasteiger charge is 2.37. The number of hydrogen-bond acceptors (Lipinski definition) is 3. The first-order valence-corrected chi connectivity index (χ1v) is 8.48. The van der Waals surface area contributed by atoms with E-state index in [1.807, 2.05) is 0 Å². The van der Waals surface area contributed by atoms with E-state index in [4.69, 9.17) is 11.6 Å².